The van der Waals surface area contributed by atoms with E-state index in [0.717, 1.165) is 38.5 Å². The van der Waals surface area contributed by atoms with Gasteiger partial charge in [-0.3, -0.25) is 9.59 Å². The summed E-state index contributed by atoms with van der Waals surface area (Å²) in [6.45, 7) is 0. The number of nitrogens with zero attached hydrogens (tertiary/aromatic N) is 1. The van der Waals surface area contributed by atoms with Gasteiger partial charge in [-0.1, -0.05) is 49.9 Å². The van der Waals surface area contributed by atoms with E-state index in [9.17, 15) is 18.0 Å². The first-order valence-corrected chi connectivity index (χ1v) is 14.0. The Morgan fingerprint density at radius 2 is 1.56 bits per heavy atom. The molecule has 0 radical (unpaired) electrons. The zero-order valence-corrected chi connectivity index (χ0v) is 20.2. The van der Waals surface area contributed by atoms with Crippen LogP contribution in [0.15, 0.2) is 59.5 Å². The Hall–Kier alpha value is -2.67. The van der Waals surface area contributed by atoms with Crippen LogP contribution in [0.1, 0.15) is 68.1 Å². The second kappa shape index (κ2) is 9.53. The lowest BCUT2D eigenvalue weighted by Gasteiger charge is -2.33. The molecule has 1 saturated heterocycles. The Morgan fingerprint density at radius 1 is 0.853 bits per heavy atom. The van der Waals surface area contributed by atoms with Gasteiger partial charge in [-0.05, 0) is 68.4 Å². The fourth-order valence-corrected chi connectivity index (χ4v) is 7.98. The molecule has 3 atom stereocenters. The van der Waals surface area contributed by atoms with Gasteiger partial charge >= 0.3 is 0 Å². The smallest absolute Gasteiger partial charge is 0.254 e. The van der Waals surface area contributed by atoms with Crippen molar-refractivity contribution in [3.63, 3.8) is 0 Å². The zero-order valence-electron chi connectivity index (χ0n) is 19.4. The molecule has 1 N–H and O–H groups in total. The molecule has 180 valence electrons. The van der Waals surface area contributed by atoms with Crippen LogP contribution in [0, 0.1) is 5.92 Å². The minimum Gasteiger partial charge on any atom is -0.324 e. The molecule has 2 aromatic rings. The fraction of sp³-hybridized carbons (Fsp3) is 0.481. The summed E-state index contributed by atoms with van der Waals surface area (Å²) < 4.78 is 26.1. The highest BCUT2D eigenvalue weighted by atomic mass is 32.2. The third-order valence-corrected chi connectivity index (χ3v) is 10.1. The van der Waals surface area contributed by atoms with Gasteiger partial charge in [0.2, 0.25) is 5.91 Å². The standard InChI is InChI=1S/C27H32N2O4S/c30-26(28-21-12-8-15-23(18-21)34(32,33)22-13-5-6-14-22)25-17-20-11-4-7-16-24(20)29(25)27(31)19-9-2-1-3-10-19/h1-3,8-10,12,15,18,20,22,24-25H,4-7,11,13-14,16-17H2,(H,28,30). The largest absolute Gasteiger partial charge is 0.324 e. The van der Waals surface area contributed by atoms with E-state index in [-0.39, 0.29) is 28.0 Å². The predicted octanol–water partition coefficient (Wildman–Crippen LogP) is 4.81. The maximum Gasteiger partial charge on any atom is 0.254 e. The Morgan fingerprint density at radius 3 is 2.32 bits per heavy atom. The van der Waals surface area contributed by atoms with Crippen LogP contribution in [0.4, 0.5) is 5.69 Å². The number of sulfone groups is 1. The molecule has 2 aromatic carbocycles. The van der Waals surface area contributed by atoms with E-state index < -0.39 is 15.9 Å². The van der Waals surface area contributed by atoms with Gasteiger partial charge in [0.05, 0.1) is 10.1 Å². The summed E-state index contributed by atoms with van der Waals surface area (Å²) in [6, 6.07) is 15.2. The normalized spacial score (nSPS) is 25.2. The number of fused-ring (bicyclic) bond motifs is 1. The van der Waals surface area contributed by atoms with Crippen LogP contribution < -0.4 is 5.32 Å². The van der Waals surface area contributed by atoms with Crippen molar-refractivity contribution in [2.45, 2.75) is 80.0 Å². The topological polar surface area (TPSA) is 83.6 Å². The van der Waals surface area contributed by atoms with E-state index in [1.54, 1.807) is 41.3 Å². The number of nitrogens with one attached hydrogen (secondary N) is 1. The van der Waals surface area contributed by atoms with Crippen molar-refractivity contribution in [2.75, 3.05) is 5.32 Å². The number of rotatable bonds is 5. The summed E-state index contributed by atoms with van der Waals surface area (Å²) in [5, 5.41) is 2.60. The third kappa shape index (κ3) is 4.38. The van der Waals surface area contributed by atoms with Crippen molar-refractivity contribution in [3.05, 3.63) is 60.2 Å². The van der Waals surface area contributed by atoms with E-state index in [2.05, 4.69) is 5.32 Å². The summed E-state index contributed by atoms with van der Waals surface area (Å²) in [7, 11) is -3.41. The van der Waals surface area contributed by atoms with Crippen LogP contribution >= 0.6 is 0 Å². The molecular formula is C27H32N2O4S. The Labute approximate surface area is 201 Å². The van der Waals surface area contributed by atoms with E-state index in [0.29, 0.717) is 36.4 Å². The van der Waals surface area contributed by atoms with Gasteiger partial charge in [-0.2, -0.15) is 0 Å². The van der Waals surface area contributed by atoms with Gasteiger partial charge < -0.3 is 10.2 Å². The molecule has 6 nitrogen and oxygen atoms in total. The minimum atomic E-state index is -3.41. The van der Waals surface area contributed by atoms with Crippen molar-refractivity contribution in [1.82, 2.24) is 4.90 Å². The lowest BCUT2D eigenvalue weighted by Crippen LogP contribution is -2.47. The molecule has 34 heavy (non-hydrogen) atoms. The second-order valence-electron chi connectivity index (χ2n) is 9.91. The first kappa shape index (κ1) is 23.1. The van der Waals surface area contributed by atoms with Gasteiger partial charge in [0.25, 0.3) is 5.91 Å². The maximum absolute atomic E-state index is 13.5. The Bertz CT molecular complexity index is 1160. The fourth-order valence-electron chi connectivity index (χ4n) is 6.08. The molecule has 0 bridgehead atoms. The molecule has 1 heterocycles. The highest BCUT2D eigenvalue weighted by molar-refractivity contribution is 7.92. The molecule has 0 spiro atoms. The quantitative estimate of drug-likeness (QED) is 0.665. The minimum absolute atomic E-state index is 0.0753. The van der Waals surface area contributed by atoms with Crippen LogP contribution in [0.3, 0.4) is 0 Å². The van der Waals surface area contributed by atoms with Crippen molar-refractivity contribution in [2.24, 2.45) is 5.92 Å². The van der Waals surface area contributed by atoms with E-state index >= 15 is 0 Å². The van der Waals surface area contributed by atoms with Crippen LogP contribution in [-0.4, -0.2) is 42.5 Å². The SMILES string of the molecule is O=C(Nc1cccc(S(=O)(=O)C2CCCC2)c1)C1CC2CCCCC2N1C(=O)c1ccccc1. The highest BCUT2D eigenvalue weighted by Crippen LogP contribution is 2.41. The monoisotopic (exact) mass is 480 g/mol. The molecule has 2 aliphatic carbocycles. The number of carbonyl (C=O) groups is 2. The summed E-state index contributed by atoms with van der Waals surface area (Å²) in [5.41, 5.74) is 1.06. The lowest BCUT2D eigenvalue weighted by molar-refractivity contribution is -0.120. The average Bonchev–Trinajstić information content (AvgIpc) is 3.53. The van der Waals surface area contributed by atoms with Gasteiger partial charge in [-0.25, -0.2) is 8.42 Å². The summed E-state index contributed by atoms with van der Waals surface area (Å²) >= 11 is 0. The first-order chi connectivity index (χ1) is 16.4. The van der Waals surface area contributed by atoms with Crippen molar-refractivity contribution >= 4 is 27.3 Å². The number of hydrogen-bond acceptors (Lipinski definition) is 4. The van der Waals surface area contributed by atoms with Crippen LogP contribution in [0.25, 0.3) is 0 Å². The van der Waals surface area contributed by atoms with Gasteiger partial charge in [0.15, 0.2) is 9.84 Å². The maximum atomic E-state index is 13.5. The molecule has 2 saturated carbocycles. The molecule has 3 unspecified atom stereocenters. The van der Waals surface area contributed by atoms with Gasteiger partial charge in [0.1, 0.15) is 6.04 Å². The van der Waals surface area contributed by atoms with Crippen LogP contribution in [0.2, 0.25) is 0 Å². The number of benzene rings is 2. The van der Waals surface area contributed by atoms with Crippen molar-refractivity contribution in [1.29, 1.82) is 0 Å². The number of hydrogen-bond donors (Lipinski definition) is 1. The van der Waals surface area contributed by atoms with Gasteiger partial charge in [-0.15, -0.1) is 0 Å². The lowest BCUT2D eigenvalue weighted by atomic mass is 9.84. The van der Waals surface area contributed by atoms with E-state index in [4.69, 9.17) is 0 Å². The summed E-state index contributed by atoms with van der Waals surface area (Å²) in [4.78, 5) is 29.0. The van der Waals surface area contributed by atoms with Gasteiger partial charge in [0, 0.05) is 17.3 Å². The second-order valence-corrected chi connectivity index (χ2v) is 12.1. The molecular weight excluding hydrogens is 448 g/mol. The Kier molecular flexibility index (Phi) is 6.47. The molecule has 3 aliphatic rings. The first-order valence-electron chi connectivity index (χ1n) is 12.5. The average molecular weight is 481 g/mol. The summed E-state index contributed by atoms with van der Waals surface area (Å²) in [6.07, 6.45) is 8.06. The number of amides is 2. The number of likely N-dealkylation sites (tertiary alicyclic amines) is 1. The van der Waals surface area contributed by atoms with Crippen molar-refractivity contribution < 1.29 is 18.0 Å². The van der Waals surface area contributed by atoms with E-state index in [1.165, 1.54) is 0 Å². The molecule has 1 aliphatic heterocycles. The van der Waals surface area contributed by atoms with E-state index in [1.807, 2.05) is 18.2 Å². The highest BCUT2D eigenvalue weighted by Gasteiger charge is 2.47. The number of carbonyl (C=O) groups excluding carboxylic acids is 2. The van der Waals surface area contributed by atoms with Crippen LogP contribution in [-0.2, 0) is 14.6 Å². The molecule has 5 rings (SSSR count). The molecule has 7 heteroatoms. The van der Waals surface area contributed by atoms with Crippen LogP contribution in [0.5, 0.6) is 0 Å². The van der Waals surface area contributed by atoms with Crippen molar-refractivity contribution in [3.8, 4) is 0 Å². The molecule has 2 amide bonds. The zero-order chi connectivity index (χ0) is 23.7. The molecule has 3 fully saturated rings. The molecule has 0 aromatic heterocycles. The predicted molar refractivity (Wildman–Crippen MR) is 131 cm³/mol. The Balaban J connectivity index is 1.38. The third-order valence-electron chi connectivity index (χ3n) is 7.82. The number of anilines is 1. The summed E-state index contributed by atoms with van der Waals surface area (Å²) in [5.74, 6) is -0.0203.